The Hall–Kier alpha value is -3.04. The molecule has 0 aliphatic rings. The number of hydrogen-bond donors (Lipinski definition) is 2. The molecule has 0 unspecified atom stereocenters. The van der Waals surface area contributed by atoms with Gasteiger partial charge < -0.3 is 15.2 Å². The van der Waals surface area contributed by atoms with Crippen molar-refractivity contribution in [2.75, 3.05) is 6.61 Å². The first kappa shape index (κ1) is 20.3. The van der Waals surface area contributed by atoms with E-state index in [1.165, 1.54) is 12.1 Å². The van der Waals surface area contributed by atoms with E-state index in [0.29, 0.717) is 29.4 Å². The Labute approximate surface area is 162 Å². The van der Waals surface area contributed by atoms with Crippen LogP contribution >= 0.6 is 11.6 Å². The van der Waals surface area contributed by atoms with Crippen molar-refractivity contribution in [1.29, 1.82) is 5.26 Å². The van der Waals surface area contributed by atoms with Crippen LogP contribution in [-0.4, -0.2) is 23.6 Å². The van der Waals surface area contributed by atoms with E-state index in [2.05, 4.69) is 5.32 Å². The molecule has 0 aliphatic carbocycles. The van der Waals surface area contributed by atoms with Gasteiger partial charge in [-0.1, -0.05) is 37.6 Å². The molecule has 2 rings (SSSR count). The van der Waals surface area contributed by atoms with Crippen molar-refractivity contribution < 1.29 is 19.4 Å². The summed E-state index contributed by atoms with van der Waals surface area (Å²) in [6.07, 6.45) is 0. The maximum absolute atomic E-state index is 12.4. The van der Waals surface area contributed by atoms with Crippen LogP contribution in [0.25, 0.3) is 0 Å². The Morgan fingerprint density at radius 3 is 2.67 bits per heavy atom. The van der Waals surface area contributed by atoms with Gasteiger partial charge in [-0.05, 0) is 35.7 Å². The van der Waals surface area contributed by atoms with Crippen LogP contribution in [0.3, 0.4) is 0 Å². The minimum Gasteiger partial charge on any atom is -0.492 e. The van der Waals surface area contributed by atoms with Crippen LogP contribution in [0.15, 0.2) is 36.4 Å². The molecule has 0 fully saturated rings. The molecule has 7 heteroatoms. The smallest absolute Gasteiger partial charge is 0.337 e. The number of carbonyl (C=O) groups is 2. The van der Waals surface area contributed by atoms with Gasteiger partial charge in [0, 0.05) is 12.1 Å². The number of benzene rings is 2. The zero-order valence-electron chi connectivity index (χ0n) is 15.0. The van der Waals surface area contributed by atoms with Crippen LogP contribution in [0.1, 0.15) is 45.7 Å². The number of carboxylic acid groups (broad SMARTS) is 1. The summed E-state index contributed by atoms with van der Waals surface area (Å²) < 4.78 is 5.58. The molecule has 0 aromatic heterocycles. The number of halogens is 1. The predicted octanol–water partition coefficient (Wildman–Crippen LogP) is 3.87. The molecule has 0 bridgehead atoms. The first-order chi connectivity index (χ1) is 12.8. The largest absolute Gasteiger partial charge is 0.492 e. The highest BCUT2D eigenvalue weighted by Gasteiger charge is 2.14. The Kier molecular flexibility index (Phi) is 6.80. The minimum atomic E-state index is -1.14. The van der Waals surface area contributed by atoms with Crippen molar-refractivity contribution in [2.24, 2.45) is 5.92 Å². The molecular formula is C20H19ClN2O4. The average molecular weight is 387 g/mol. The summed E-state index contributed by atoms with van der Waals surface area (Å²) in [6.45, 7) is 4.53. The summed E-state index contributed by atoms with van der Waals surface area (Å²) in [7, 11) is 0. The minimum absolute atomic E-state index is 0.0261. The fourth-order valence-electron chi connectivity index (χ4n) is 2.30. The molecule has 6 nitrogen and oxygen atoms in total. The van der Waals surface area contributed by atoms with Crippen molar-refractivity contribution in [2.45, 2.75) is 20.4 Å². The van der Waals surface area contributed by atoms with Gasteiger partial charge in [0.05, 0.1) is 22.8 Å². The normalized spacial score (nSPS) is 10.3. The Morgan fingerprint density at radius 2 is 2.04 bits per heavy atom. The number of rotatable bonds is 7. The third-order valence-corrected chi connectivity index (χ3v) is 4.13. The monoisotopic (exact) mass is 386 g/mol. The van der Waals surface area contributed by atoms with Crippen LogP contribution in [0.5, 0.6) is 5.75 Å². The van der Waals surface area contributed by atoms with Crippen molar-refractivity contribution in [1.82, 2.24) is 5.32 Å². The first-order valence-electron chi connectivity index (χ1n) is 8.29. The van der Waals surface area contributed by atoms with Crippen LogP contribution in [-0.2, 0) is 6.54 Å². The van der Waals surface area contributed by atoms with Gasteiger partial charge in [-0.3, -0.25) is 4.79 Å². The topological polar surface area (TPSA) is 99.4 Å². The molecule has 0 saturated carbocycles. The lowest BCUT2D eigenvalue weighted by atomic mass is 10.1. The molecule has 2 N–H and O–H groups in total. The fourth-order valence-corrected chi connectivity index (χ4v) is 2.57. The zero-order valence-corrected chi connectivity index (χ0v) is 15.7. The third kappa shape index (κ3) is 5.22. The standard InChI is InChI=1S/C20H19ClN2O4/c1-12(2)11-27-17-7-6-13(8-15(17)9-22)19(24)23-10-14-4-3-5-16(18(14)21)20(25)26/h3-8,12H,10-11H2,1-2H3,(H,23,24)(H,25,26). The van der Waals surface area contributed by atoms with Gasteiger partial charge in [0.1, 0.15) is 11.8 Å². The van der Waals surface area contributed by atoms with E-state index in [1.807, 2.05) is 19.9 Å². The maximum atomic E-state index is 12.4. The van der Waals surface area contributed by atoms with E-state index in [1.54, 1.807) is 24.3 Å². The number of nitrogens with one attached hydrogen (secondary N) is 1. The number of carbonyl (C=O) groups excluding carboxylic acids is 1. The van der Waals surface area contributed by atoms with Gasteiger partial charge in [0.2, 0.25) is 0 Å². The number of hydrogen-bond acceptors (Lipinski definition) is 4. The van der Waals surface area contributed by atoms with Crippen LogP contribution in [0.2, 0.25) is 5.02 Å². The lowest BCUT2D eigenvalue weighted by Gasteiger charge is -2.12. The molecule has 140 valence electrons. The summed E-state index contributed by atoms with van der Waals surface area (Å²) in [5.41, 5.74) is 1.03. The zero-order chi connectivity index (χ0) is 20.0. The van der Waals surface area contributed by atoms with Gasteiger partial charge in [0.15, 0.2) is 0 Å². The summed E-state index contributed by atoms with van der Waals surface area (Å²) in [5.74, 6) is -0.798. The highest BCUT2D eigenvalue weighted by Crippen LogP contribution is 2.22. The number of nitrogens with zero attached hydrogens (tertiary/aromatic N) is 1. The van der Waals surface area contributed by atoms with Crippen molar-refractivity contribution >= 4 is 23.5 Å². The molecular weight excluding hydrogens is 368 g/mol. The Morgan fingerprint density at radius 1 is 1.30 bits per heavy atom. The van der Waals surface area contributed by atoms with Gasteiger partial charge >= 0.3 is 5.97 Å². The van der Waals surface area contributed by atoms with Crippen LogP contribution in [0.4, 0.5) is 0 Å². The van der Waals surface area contributed by atoms with Crippen LogP contribution < -0.4 is 10.1 Å². The number of carboxylic acids is 1. The molecule has 0 saturated heterocycles. The van der Waals surface area contributed by atoms with E-state index >= 15 is 0 Å². The summed E-state index contributed by atoms with van der Waals surface area (Å²) in [6, 6.07) is 11.2. The SMILES string of the molecule is CC(C)COc1ccc(C(=O)NCc2cccc(C(=O)O)c2Cl)cc1C#N. The molecule has 0 aliphatic heterocycles. The summed E-state index contributed by atoms with van der Waals surface area (Å²) >= 11 is 6.07. The van der Waals surface area contributed by atoms with E-state index in [0.717, 1.165) is 0 Å². The molecule has 2 aromatic rings. The van der Waals surface area contributed by atoms with Gasteiger partial charge in [-0.25, -0.2) is 4.79 Å². The molecule has 0 atom stereocenters. The lowest BCUT2D eigenvalue weighted by molar-refractivity contribution is 0.0696. The highest BCUT2D eigenvalue weighted by atomic mass is 35.5. The second-order valence-corrected chi connectivity index (χ2v) is 6.67. The second-order valence-electron chi connectivity index (χ2n) is 6.29. The van der Waals surface area contributed by atoms with Crippen molar-refractivity contribution in [3.8, 4) is 11.8 Å². The molecule has 1 amide bonds. The predicted molar refractivity (Wildman–Crippen MR) is 101 cm³/mol. The van der Waals surface area contributed by atoms with E-state index in [4.69, 9.17) is 21.4 Å². The molecule has 27 heavy (non-hydrogen) atoms. The Bertz CT molecular complexity index is 903. The second kappa shape index (κ2) is 9.06. The quantitative estimate of drug-likeness (QED) is 0.752. The van der Waals surface area contributed by atoms with E-state index < -0.39 is 11.9 Å². The van der Waals surface area contributed by atoms with Gasteiger partial charge in [-0.2, -0.15) is 5.26 Å². The first-order valence-corrected chi connectivity index (χ1v) is 8.67. The highest BCUT2D eigenvalue weighted by molar-refractivity contribution is 6.34. The van der Waals surface area contributed by atoms with Crippen LogP contribution in [0, 0.1) is 17.2 Å². The third-order valence-electron chi connectivity index (χ3n) is 3.68. The summed E-state index contributed by atoms with van der Waals surface area (Å²) in [5, 5.41) is 21.1. The maximum Gasteiger partial charge on any atom is 0.337 e. The molecule has 2 aromatic carbocycles. The van der Waals surface area contributed by atoms with Gasteiger partial charge in [0.25, 0.3) is 5.91 Å². The summed E-state index contributed by atoms with van der Waals surface area (Å²) in [4.78, 5) is 23.5. The van der Waals surface area contributed by atoms with Gasteiger partial charge in [-0.15, -0.1) is 0 Å². The lowest BCUT2D eigenvalue weighted by Crippen LogP contribution is -2.23. The van der Waals surface area contributed by atoms with Crippen molar-refractivity contribution in [3.05, 3.63) is 63.7 Å². The fraction of sp³-hybridized carbons (Fsp3) is 0.250. The average Bonchev–Trinajstić information content (AvgIpc) is 2.64. The van der Waals surface area contributed by atoms with Crippen molar-refractivity contribution in [3.63, 3.8) is 0 Å². The number of nitriles is 1. The Balaban J connectivity index is 2.12. The molecule has 0 spiro atoms. The van der Waals surface area contributed by atoms with E-state index in [9.17, 15) is 14.9 Å². The number of amides is 1. The van der Waals surface area contributed by atoms with E-state index in [-0.39, 0.29) is 22.7 Å². The molecule has 0 heterocycles. The number of ether oxygens (including phenoxy) is 1. The number of aromatic carboxylic acids is 1. The molecule has 0 radical (unpaired) electrons.